The summed E-state index contributed by atoms with van der Waals surface area (Å²) >= 11 is 0. The Morgan fingerprint density at radius 3 is 1.94 bits per heavy atom. The number of nitrogen functional groups attached to an aromatic ring is 1. The van der Waals surface area contributed by atoms with Gasteiger partial charge >= 0.3 is 0 Å². The normalized spacial score (nSPS) is 14.2. The molecule has 1 aromatic heterocycles. The number of hydrogen-bond acceptors (Lipinski definition) is 7. The molecule has 0 saturated carbocycles. The summed E-state index contributed by atoms with van der Waals surface area (Å²) in [6.45, 7) is 3.55. The SMILES string of the molecule is Nc1nc(CN2CCN(c3ccccc3F)CC2)nc(N(c2ccccc2)c2ccccc2)n1. The third kappa shape index (κ3) is 4.82. The van der Waals surface area contributed by atoms with Gasteiger partial charge < -0.3 is 10.6 Å². The van der Waals surface area contributed by atoms with Crippen molar-refractivity contribution in [3.05, 3.63) is 96.6 Å². The first-order valence-electron chi connectivity index (χ1n) is 11.3. The Hall–Kier alpha value is -4.04. The predicted molar refractivity (Wildman–Crippen MR) is 133 cm³/mol. The zero-order chi connectivity index (χ0) is 23.3. The molecule has 2 heterocycles. The fourth-order valence-electron chi connectivity index (χ4n) is 4.19. The summed E-state index contributed by atoms with van der Waals surface area (Å²) in [5, 5.41) is 0. The van der Waals surface area contributed by atoms with E-state index in [2.05, 4.69) is 19.8 Å². The lowest BCUT2D eigenvalue weighted by Crippen LogP contribution is -2.46. The van der Waals surface area contributed by atoms with Crippen LogP contribution < -0.4 is 15.5 Å². The summed E-state index contributed by atoms with van der Waals surface area (Å²) < 4.78 is 14.2. The fourth-order valence-corrected chi connectivity index (χ4v) is 4.19. The summed E-state index contributed by atoms with van der Waals surface area (Å²) in [5.41, 5.74) is 8.63. The van der Waals surface area contributed by atoms with Crippen molar-refractivity contribution in [2.45, 2.75) is 6.54 Å². The van der Waals surface area contributed by atoms with Gasteiger partial charge in [0, 0.05) is 37.6 Å². The zero-order valence-corrected chi connectivity index (χ0v) is 18.8. The molecule has 2 N–H and O–H groups in total. The molecule has 5 rings (SSSR count). The van der Waals surface area contributed by atoms with Crippen LogP contribution in [-0.4, -0.2) is 46.0 Å². The van der Waals surface area contributed by atoms with E-state index in [1.165, 1.54) is 6.07 Å². The molecule has 0 aliphatic carbocycles. The number of nitrogens with zero attached hydrogens (tertiary/aromatic N) is 6. The maximum absolute atomic E-state index is 14.2. The quantitative estimate of drug-likeness (QED) is 0.462. The number of para-hydroxylation sites is 3. The third-order valence-corrected chi connectivity index (χ3v) is 5.85. The highest BCUT2D eigenvalue weighted by molar-refractivity contribution is 5.72. The molecule has 0 spiro atoms. The molecule has 0 atom stereocenters. The van der Waals surface area contributed by atoms with E-state index in [0.717, 1.165) is 37.6 Å². The second kappa shape index (κ2) is 9.84. The molecule has 7 nitrogen and oxygen atoms in total. The topological polar surface area (TPSA) is 74.4 Å². The molecule has 0 unspecified atom stereocenters. The lowest BCUT2D eigenvalue weighted by atomic mass is 10.2. The van der Waals surface area contributed by atoms with E-state index < -0.39 is 0 Å². The smallest absolute Gasteiger partial charge is 0.239 e. The molecule has 1 aliphatic rings. The van der Waals surface area contributed by atoms with E-state index in [1.54, 1.807) is 6.07 Å². The van der Waals surface area contributed by atoms with Crippen LogP contribution in [0, 0.1) is 5.82 Å². The number of rotatable bonds is 6. The van der Waals surface area contributed by atoms with Gasteiger partial charge in [-0.3, -0.25) is 9.80 Å². The first kappa shape index (κ1) is 21.8. The Balaban J connectivity index is 1.36. The van der Waals surface area contributed by atoms with Crippen LogP contribution in [0.3, 0.4) is 0 Å². The second-order valence-corrected chi connectivity index (χ2v) is 8.13. The average Bonchev–Trinajstić information content (AvgIpc) is 2.86. The van der Waals surface area contributed by atoms with Crippen LogP contribution in [0.2, 0.25) is 0 Å². The highest BCUT2D eigenvalue weighted by atomic mass is 19.1. The van der Waals surface area contributed by atoms with E-state index in [-0.39, 0.29) is 11.8 Å². The Labute approximate surface area is 198 Å². The van der Waals surface area contributed by atoms with Gasteiger partial charge in [-0.25, -0.2) is 4.39 Å². The van der Waals surface area contributed by atoms with Crippen LogP contribution in [0.4, 0.5) is 33.3 Å². The maximum atomic E-state index is 14.2. The first-order valence-corrected chi connectivity index (χ1v) is 11.3. The lowest BCUT2D eigenvalue weighted by molar-refractivity contribution is 0.243. The predicted octanol–water partition coefficient (Wildman–Crippen LogP) is 4.38. The number of anilines is 5. The second-order valence-electron chi connectivity index (χ2n) is 8.13. The standard InChI is InChI=1S/C26H26FN7/c27-22-13-7-8-14-23(22)33-17-15-32(16-18-33)19-24-29-25(28)31-26(30-24)34(20-9-3-1-4-10-20)21-11-5-2-6-12-21/h1-14H,15-19H2,(H2,28,29,30,31). The molecule has 172 valence electrons. The highest BCUT2D eigenvalue weighted by Crippen LogP contribution is 2.32. The molecule has 34 heavy (non-hydrogen) atoms. The van der Waals surface area contributed by atoms with Crippen molar-refractivity contribution in [3.63, 3.8) is 0 Å². The van der Waals surface area contributed by atoms with Crippen LogP contribution in [0.1, 0.15) is 5.82 Å². The lowest BCUT2D eigenvalue weighted by Gasteiger charge is -2.35. The summed E-state index contributed by atoms with van der Waals surface area (Å²) in [5.74, 6) is 1.08. The van der Waals surface area contributed by atoms with Crippen LogP contribution in [0.5, 0.6) is 0 Å². The number of halogens is 1. The molecule has 4 aromatic rings. The third-order valence-electron chi connectivity index (χ3n) is 5.85. The van der Waals surface area contributed by atoms with Gasteiger partial charge in [0.1, 0.15) is 11.6 Å². The average molecular weight is 456 g/mol. The minimum atomic E-state index is -0.187. The van der Waals surface area contributed by atoms with Gasteiger partial charge in [0.25, 0.3) is 0 Å². The van der Waals surface area contributed by atoms with Crippen LogP contribution >= 0.6 is 0 Å². The molecule has 0 bridgehead atoms. The number of benzene rings is 3. The monoisotopic (exact) mass is 455 g/mol. The number of hydrogen-bond donors (Lipinski definition) is 1. The summed E-state index contributed by atoms with van der Waals surface area (Å²) in [6, 6.07) is 26.8. The first-order chi connectivity index (χ1) is 16.7. The van der Waals surface area contributed by atoms with Crippen molar-refractivity contribution < 1.29 is 4.39 Å². The number of aromatic nitrogens is 3. The van der Waals surface area contributed by atoms with E-state index in [1.807, 2.05) is 77.7 Å². The Kier molecular flexibility index (Phi) is 6.31. The van der Waals surface area contributed by atoms with Crippen molar-refractivity contribution in [3.8, 4) is 0 Å². The molecule has 0 amide bonds. The van der Waals surface area contributed by atoms with Gasteiger partial charge in [-0.15, -0.1) is 0 Å². The molecule has 1 aliphatic heterocycles. The maximum Gasteiger partial charge on any atom is 0.239 e. The molecular formula is C26H26FN7. The Bertz CT molecular complexity index is 1190. The van der Waals surface area contributed by atoms with Crippen LogP contribution in [0.25, 0.3) is 0 Å². The molecular weight excluding hydrogens is 429 g/mol. The van der Waals surface area contributed by atoms with E-state index >= 15 is 0 Å². The van der Waals surface area contributed by atoms with Gasteiger partial charge in [-0.1, -0.05) is 48.5 Å². The largest absolute Gasteiger partial charge is 0.368 e. The van der Waals surface area contributed by atoms with E-state index in [4.69, 9.17) is 10.7 Å². The molecule has 8 heteroatoms. The summed E-state index contributed by atoms with van der Waals surface area (Å²) in [7, 11) is 0. The van der Waals surface area contributed by atoms with Crippen molar-refractivity contribution in [2.75, 3.05) is 41.7 Å². The molecule has 0 radical (unpaired) electrons. The van der Waals surface area contributed by atoms with Crippen molar-refractivity contribution >= 4 is 29.0 Å². The summed E-state index contributed by atoms with van der Waals surface area (Å²) in [6.07, 6.45) is 0. The molecule has 3 aromatic carbocycles. The molecule has 1 saturated heterocycles. The summed E-state index contributed by atoms with van der Waals surface area (Å²) in [4.78, 5) is 19.9. The van der Waals surface area contributed by atoms with Gasteiger partial charge in [0.05, 0.1) is 12.2 Å². The molecule has 1 fully saturated rings. The van der Waals surface area contributed by atoms with Crippen molar-refractivity contribution in [2.24, 2.45) is 0 Å². The van der Waals surface area contributed by atoms with Gasteiger partial charge in [-0.2, -0.15) is 15.0 Å². The van der Waals surface area contributed by atoms with Gasteiger partial charge in [-0.05, 0) is 36.4 Å². The minimum absolute atomic E-state index is 0.182. The minimum Gasteiger partial charge on any atom is -0.368 e. The number of nitrogens with two attached hydrogens (primary N) is 1. The van der Waals surface area contributed by atoms with Gasteiger partial charge in [0.15, 0.2) is 0 Å². The van der Waals surface area contributed by atoms with Crippen LogP contribution in [-0.2, 0) is 6.54 Å². The highest BCUT2D eigenvalue weighted by Gasteiger charge is 2.22. The Morgan fingerprint density at radius 2 is 1.32 bits per heavy atom. The number of piperazine rings is 1. The zero-order valence-electron chi connectivity index (χ0n) is 18.8. The van der Waals surface area contributed by atoms with Crippen molar-refractivity contribution in [1.29, 1.82) is 0 Å². The van der Waals surface area contributed by atoms with E-state index in [0.29, 0.717) is 24.0 Å². The van der Waals surface area contributed by atoms with Crippen LogP contribution in [0.15, 0.2) is 84.9 Å². The fraction of sp³-hybridized carbons (Fsp3) is 0.192. The van der Waals surface area contributed by atoms with Crippen molar-refractivity contribution in [1.82, 2.24) is 19.9 Å². The van der Waals surface area contributed by atoms with E-state index in [9.17, 15) is 4.39 Å². The Morgan fingerprint density at radius 1 is 0.735 bits per heavy atom. The van der Waals surface area contributed by atoms with Gasteiger partial charge in [0.2, 0.25) is 11.9 Å².